The Morgan fingerprint density at radius 2 is 1.30 bits per heavy atom. The number of rotatable bonds is 8. The van der Waals surface area contributed by atoms with Crippen molar-refractivity contribution in [3.8, 4) is 23.0 Å². The maximum Gasteiger partial charge on any atom is 0.422 e. The molecule has 0 unspecified atom stereocenters. The molecule has 0 aliphatic carbocycles. The Morgan fingerprint density at radius 3 is 1.77 bits per heavy atom. The number of H-pyrrole nitrogens is 1. The summed E-state index contributed by atoms with van der Waals surface area (Å²) in [6.07, 6.45) is -2.83. The summed E-state index contributed by atoms with van der Waals surface area (Å²) < 4.78 is 45.3. The quantitative estimate of drug-likeness (QED) is 0.149. The lowest BCUT2D eigenvalue weighted by Gasteiger charge is -2.35. The molecule has 7 nitrogen and oxygen atoms in total. The van der Waals surface area contributed by atoms with Crippen LogP contribution in [0.2, 0.25) is 0 Å². The number of halogens is 3. The van der Waals surface area contributed by atoms with Gasteiger partial charge in [-0.3, -0.25) is 9.36 Å². The largest absolute Gasteiger partial charge is 0.484 e. The molecule has 0 spiro atoms. The molecule has 6 aromatic rings. The lowest BCUT2D eigenvalue weighted by Crippen LogP contribution is -2.38. The first-order chi connectivity index (χ1) is 21.3. The molecule has 0 atom stereocenters. The second kappa shape index (κ2) is 11.8. The fraction of sp³-hybridized carbons (Fsp3) is 0.0909. The van der Waals surface area contributed by atoms with E-state index in [0.29, 0.717) is 11.4 Å². The normalized spacial score (nSPS) is 11.8. The van der Waals surface area contributed by atoms with Gasteiger partial charge in [0.25, 0.3) is 5.56 Å². The summed E-state index contributed by atoms with van der Waals surface area (Å²) >= 11 is 5.52. The Kier molecular flexibility index (Phi) is 7.71. The molecule has 2 aromatic heterocycles. The van der Waals surface area contributed by atoms with Crippen LogP contribution in [0.3, 0.4) is 0 Å². The summed E-state index contributed by atoms with van der Waals surface area (Å²) in [5.41, 5.74) is 2.18. The third kappa shape index (κ3) is 5.57. The van der Waals surface area contributed by atoms with Crippen LogP contribution in [0.15, 0.2) is 132 Å². The predicted octanol–water partition coefficient (Wildman–Crippen LogP) is 6.93. The van der Waals surface area contributed by atoms with Crippen molar-refractivity contribution < 1.29 is 17.9 Å². The number of aromatic nitrogens is 5. The number of alkyl halides is 3. The van der Waals surface area contributed by atoms with Crippen molar-refractivity contribution in [1.82, 2.24) is 24.3 Å². The molecule has 44 heavy (non-hydrogen) atoms. The molecule has 2 heterocycles. The molecule has 0 saturated heterocycles. The number of hydrogen-bond donors (Lipinski definition) is 1. The van der Waals surface area contributed by atoms with Gasteiger partial charge in [0.05, 0.1) is 11.4 Å². The van der Waals surface area contributed by atoms with Crippen LogP contribution in [0.1, 0.15) is 16.7 Å². The third-order valence-electron chi connectivity index (χ3n) is 7.08. The van der Waals surface area contributed by atoms with Crippen molar-refractivity contribution in [2.75, 3.05) is 6.61 Å². The van der Waals surface area contributed by atoms with Crippen molar-refractivity contribution >= 4 is 12.2 Å². The van der Waals surface area contributed by atoms with Gasteiger partial charge in [0, 0.05) is 6.07 Å². The van der Waals surface area contributed by atoms with Crippen LogP contribution in [0.25, 0.3) is 17.2 Å². The van der Waals surface area contributed by atoms with Crippen LogP contribution in [0, 0.1) is 4.77 Å². The Balaban J connectivity index is 1.42. The van der Waals surface area contributed by atoms with Gasteiger partial charge in [-0.2, -0.15) is 13.2 Å². The summed E-state index contributed by atoms with van der Waals surface area (Å²) in [5, 5.41) is 4.89. The zero-order valence-electron chi connectivity index (χ0n) is 23.0. The van der Waals surface area contributed by atoms with Crippen molar-refractivity contribution in [3.05, 3.63) is 159 Å². The van der Waals surface area contributed by atoms with Crippen LogP contribution >= 0.6 is 12.2 Å². The zero-order valence-corrected chi connectivity index (χ0v) is 23.8. The SMILES string of the molecule is O=c1cc(-c2ncn(C(c3ccccc3)(c3ccccc3)c3ccccc3)n2)[nH]c(=S)n1-c1ccc(OCC(F)(F)F)cc1. The second-order valence-corrected chi connectivity index (χ2v) is 10.3. The molecule has 4 aromatic carbocycles. The summed E-state index contributed by atoms with van der Waals surface area (Å²) in [6.45, 7) is -1.42. The van der Waals surface area contributed by atoms with Crippen LogP contribution < -0.4 is 10.3 Å². The topological polar surface area (TPSA) is 77.7 Å². The molecule has 6 rings (SSSR count). The molecule has 0 bridgehead atoms. The van der Waals surface area contributed by atoms with Crippen molar-refractivity contribution in [2.24, 2.45) is 0 Å². The van der Waals surface area contributed by atoms with E-state index in [4.69, 9.17) is 22.1 Å². The van der Waals surface area contributed by atoms with E-state index in [2.05, 4.69) is 9.97 Å². The van der Waals surface area contributed by atoms with Crippen molar-refractivity contribution in [1.29, 1.82) is 0 Å². The molecule has 0 aliphatic rings. The number of hydrogen-bond acceptors (Lipinski definition) is 5. The van der Waals surface area contributed by atoms with Gasteiger partial charge in [-0.15, -0.1) is 5.10 Å². The minimum Gasteiger partial charge on any atom is -0.484 e. The van der Waals surface area contributed by atoms with E-state index >= 15 is 0 Å². The highest BCUT2D eigenvalue weighted by atomic mass is 32.1. The number of ether oxygens (including phenoxy) is 1. The average Bonchev–Trinajstić information content (AvgIpc) is 3.53. The fourth-order valence-corrected chi connectivity index (χ4v) is 5.51. The average molecular weight is 612 g/mol. The highest BCUT2D eigenvalue weighted by Crippen LogP contribution is 2.40. The highest BCUT2D eigenvalue weighted by Gasteiger charge is 2.39. The van der Waals surface area contributed by atoms with E-state index in [1.165, 1.54) is 34.9 Å². The van der Waals surface area contributed by atoms with Crippen molar-refractivity contribution in [2.45, 2.75) is 11.7 Å². The van der Waals surface area contributed by atoms with Gasteiger partial charge in [0.2, 0.25) is 0 Å². The van der Waals surface area contributed by atoms with E-state index in [1.54, 1.807) is 11.0 Å². The maximum absolute atomic E-state index is 13.3. The molecule has 0 saturated carbocycles. The summed E-state index contributed by atoms with van der Waals surface area (Å²) in [5.74, 6) is 0.266. The maximum atomic E-state index is 13.3. The fourth-order valence-electron chi connectivity index (χ4n) is 5.20. The third-order valence-corrected chi connectivity index (χ3v) is 7.37. The first kappa shape index (κ1) is 28.8. The molecular weight excluding hydrogens is 587 g/mol. The van der Waals surface area contributed by atoms with Crippen molar-refractivity contribution in [3.63, 3.8) is 0 Å². The van der Waals surface area contributed by atoms with E-state index in [-0.39, 0.29) is 16.3 Å². The van der Waals surface area contributed by atoms with Gasteiger partial charge in [-0.1, -0.05) is 91.0 Å². The minimum atomic E-state index is -4.46. The van der Waals surface area contributed by atoms with E-state index in [1.807, 2.05) is 91.0 Å². The van der Waals surface area contributed by atoms with Crippen LogP contribution in [0.5, 0.6) is 5.75 Å². The molecule has 0 fully saturated rings. The van der Waals surface area contributed by atoms with E-state index in [9.17, 15) is 18.0 Å². The van der Waals surface area contributed by atoms with Gasteiger partial charge in [-0.05, 0) is 53.2 Å². The minimum absolute atomic E-state index is 0.0131. The van der Waals surface area contributed by atoms with E-state index < -0.39 is 23.9 Å². The monoisotopic (exact) mass is 611 g/mol. The number of nitrogens with zero attached hydrogens (tertiary/aromatic N) is 4. The Bertz CT molecular complexity index is 1860. The number of aromatic amines is 1. The zero-order chi connectivity index (χ0) is 30.7. The Labute approximate surface area is 254 Å². The molecule has 1 N–H and O–H groups in total. The first-order valence-corrected chi connectivity index (χ1v) is 13.9. The lowest BCUT2D eigenvalue weighted by atomic mass is 9.77. The first-order valence-electron chi connectivity index (χ1n) is 13.5. The standard InChI is InChI=1S/C33H24F3N5O2S/c34-32(35,36)21-43-27-18-16-26(17-19-27)41-29(42)20-28(38-31(41)44)30-37-22-40(39-30)33(23-10-4-1-5-11-23,24-12-6-2-7-13-24)25-14-8-3-9-15-25/h1-20,22H,21H2,(H,38,44). The Morgan fingerprint density at radius 1 is 0.773 bits per heavy atom. The van der Waals surface area contributed by atoms with Crippen LogP contribution in [-0.2, 0) is 5.54 Å². The van der Waals surface area contributed by atoms with Crippen LogP contribution in [0.4, 0.5) is 13.2 Å². The molecule has 11 heteroatoms. The van der Waals surface area contributed by atoms with Gasteiger partial charge in [0.1, 0.15) is 17.6 Å². The number of benzene rings is 4. The van der Waals surface area contributed by atoms with Gasteiger partial charge in [0.15, 0.2) is 17.2 Å². The molecule has 0 aliphatic heterocycles. The van der Waals surface area contributed by atoms with Crippen LogP contribution in [-0.4, -0.2) is 37.1 Å². The second-order valence-electron chi connectivity index (χ2n) is 9.88. The summed E-state index contributed by atoms with van der Waals surface area (Å²) in [7, 11) is 0. The molecule has 0 radical (unpaired) electrons. The molecule has 220 valence electrons. The van der Waals surface area contributed by atoms with Gasteiger partial charge >= 0.3 is 6.18 Å². The van der Waals surface area contributed by atoms with Gasteiger partial charge in [-0.25, -0.2) is 9.67 Å². The summed E-state index contributed by atoms with van der Waals surface area (Å²) in [6, 6.07) is 36.8. The summed E-state index contributed by atoms with van der Waals surface area (Å²) in [4.78, 5) is 20.9. The predicted molar refractivity (Wildman–Crippen MR) is 162 cm³/mol. The molecule has 0 amide bonds. The molecular formula is C33H24F3N5O2S. The van der Waals surface area contributed by atoms with Gasteiger partial charge < -0.3 is 9.72 Å². The van der Waals surface area contributed by atoms with E-state index in [0.717, 1.165) is 16.7 Å². The smallest absolute Gasteiger partial charge is 0.422 e. The number of nitrogens with one attached hydrogen (secondary N) is 1. The Hall–Kier alpha value is -5.29. The lowest BCUT2D eigenvalue weighted by molar-refractivity contribution is -0.153. The highest BCUT2D eigenvalue weighted by molar-refractivity contribution is 7.71.